The van der Waals surface area contributed by atoms with Crippen molar-refractivity contribution >= 4 is 23.2 Å². The van der Waals surface area contributed by atoms with E-state index in [1.54, 1.807) is 30.3 Å². The first-order valence-electron chi connectivity index (χ1n) is 13.2. The molecule has 2 aromatic carbocycles. The summed E-state index contributed by atoms with van der Waals surface area (Å²) < 4.78 is 6.19. The first-order chi connectivity index (χ1) is 17.7. The number of piperidine rings is 1. The van der Waals surface area contributed by atoms with Crippen LogP contribution in [-0.2, 0) is 21.4 Å². The van der Waals surface area contributed by atoms with Crippen molar-refractivity contribution in [3.05, 3.63) is 53.1 Å². The number of aromatic hydroxyl groups is 1. The van der Waals surface area contributed by atoms with E-state index in [4.69, 9.17) is 4.74 Å². The van der Waals surface area contributed by atoms with Crippen LogP contribution in [0.3, 0.4) is 0 Å². The third-order valence-corrected chi connectivity index (χ3v) is 9.51. The van der Waals surface area contributed by atoms with Crippen molar-refractivity contribution in [3.63, 3.8) is 0 Å². The number of nitrogens with zero attached hydrogens (tertiary/aromatic N) is 1. The van der Waals surface area contributed by atoms with Gasteiger partial charge in [-0.3, -0.25) is 19.3 Å². The molecular weight excluding hydrogens is 472 g/mol. The largest absolute Gasteiger partial charge is 0.504 e. The first-order valence-corrected chi connectivity index (χ1v) is 13.2. The Hall–Kier alpha value is -3.23. The zero-order chi connectivity index (χ0) is 25.7. The van der Waals surface area contributed by atoms with Crippen LogP contribution in [-0.4, -0.2) is 63.4 Å². The molecule has 3 N–H and O–H groups in total. The number of likely N-dealkylation sites (tertiary alicyclic amines) is 1. The van der Waals surface area contributed by atoms with E-state index in [1.807, 2.05) is 6.07 Å². The standard InChI is InChI=1S/C29H30N2O6/c1-15(32)17-4-7-19(8-5-17)30-27(35)20-13-29(36)22-12-18-6-9-21(33)25-23(18)28(29,26(37-25)24(20)34)10-11-31(22)14-16-2-3-16/h4-9,16,20,22,26,33,36H,2-3,10-14H2,1H3,(H,30,35)/t20?,22-,26+,28+,29-/m1/s1. The molecule has 8 nitrogen and oxygen atoms in total. The highest BCUT2D eigenvalue weighted by atomic mass is 16.5. The maximum atomic E-state index is 13.9. The maximum Gasteiger partial charge on any atom is 0.235 e. The number of Topliss-reactive ketones (excluding diaryl/α,β-unsaturated/α-hetero) is 2. The number of hydrogen-bond donors (Lipinski definition) is 3. The summed E-state index contributed by atoms with van der Waals surface area (Å²) in [5, 5.41) is 26.1. The molecule has 3 aliphatic carbocycles. The summed E-state index contributed by atoms with van der Waals surface area (Å²) in [4.78, 5) is 41.4. The summed E-state index contributed by atoms with van der Waals surface area (Å²) in [5.41, 5.74) is 0.439. The fraction of sp³-hybridized carbons (Fsp3) is 0.483. The van der Waals surface area contributed by atoms with E-state index < -0.39 is 28.9 Å². The SMILES string of the molecule is CC(=O)c1ccc(NC(=O)C2C[C@@]3(O)[C@H]4Cc5ccc(O)c6c5[C@@]3(CCN4CC3CC3)[C@@H](O6)C2=O)cc1. The molecule has 2 heterocycles. The number of carbonyl (C=O) groups excluding carboxylic acids is 3. The Morgan fingerprint density at radius 3 is 2.62 bits per heavy atom. The number of hydrogen-bond acceptors (Lipinski definition) is 7. The Bertz CT molecular complexity index is 1350. The summed E-state index contributed by atoms with van der Waals surface area (Å²) in [5.74, 6) is -1.16. The number of rotatable bonds is 5. The average Bonchev–Trinajstić information content (AvgIpc) is 3.61. The lowest BCUT2D eigenvalue weighted by atomic mass is 9.47. The number of nitrogens with one attached hydrogen (secondary N) is 1. The summed E-state index contributed by atoms with van der Waals surface area (Å²) in [6.07, 6.45) is 2.48. The highest BCUT2D eigenvalue weighted by Gasteiger charge is 2.75. The van der Waals surface area contributed by atoms with Gasteiger partial charge in [0.05, 0.1) is 11.0 Å². The highest BCUT2D eigenvalue weighted by molar-refractivity contribution is 6.10. The van der Waals surface area contributed by atoms with Gasteiger partial charge in [0, 0.05) is 29.4 Å². The Kier molecular flexibility index (Phi) is 4.74. The van der Waals surface area contributed by atoms with Crippen molar-refractivity contribution in [2.24, 2.45) is 11.8 Å². The minimum Gasteiger partial charge on any atom is -0.504 e. The molecule has 2 saturated carbocycles. The van der Waals surface area contributed by atoms with Crippen molar-refractivity contribution in [2.75, 3.05) is 18.4 Å². The molecule has 0 radical (unpaired) electrons. The number of ether oxygens (including phenoxy) is 1. The summed E-state index contributed by atoms with van der Waals surface area (Å²) in [6.45, 7) is 3.12. The summed E-state index contributed by atoms with van der Waals surface area (Å²) in [6, 6.07) is 9.79. The van der Waals surface area contributed by atoms with Crippen LogP contribution in [0.2, 0.25) is 0 Å². The number of aliphatic hydroxyl groups is 1. The number of phenolic OH excluding ortho intramolecular Hbond substituents is 1. The van der Waals surface area contributed by atoms with E-state index in [0.717, 1.165) is 24.2 Å². The molecule has 5 aliphatic rings. The van der Waals surface area contributed by atoms with Gasteiger partial charge in [-0.25, -0.2) is 0 Å². The van der Waals surface area contributed by atoms with Crippen LogP contribution in [0.1, 0.15) is 54.1 Å². The number of ketones is 2. The lowest BCUT2D eigenvalue weighted by Gasteiger charge is -2.63. The molecule has 0 aromatic heterocycles. The van der Waals surface area contributed by atoms with Gasteiger partial charge in [0.25, 0.3) is 0 Å². The average molecular weight is 503 g/mol. The second-order valence-electron chi connectivity index (χ2n) is 11.5. The Labute approximate surface area is 214 Å². The van der Waals surface area contributed by atoms with Gasteiger partial charge in [0.2, 0.25) is 5.91 Å². The number of carbonyl (C=O) groups is 3. The van der Waals surface area contributed by atoms with Gasteiger partial charge in [-0.2, -0.15) is 0 Å². The molecule has 2 aliphatic heterocycles. The van der Waals surface area contributed by atoms with Crippen molar-refractivity contribution in [1.29, 1.82) is 0 Å². The van der Waals surface area contributed by atoms with Crippen molar-refractivity contribution < 1.29 is 29.3 Å². The topological polar surface area (TPSA) is 116 Å². The molecule has 2 bridgehead atoms. The molecule has 37 heavy (non-hydrogen) atoms. The Balaban J connectivity index is 1.28. The van der Waals surface area contributed by atoms with Gasteiger partial charge in [-0.1, -0.05) is 6.07 Å². The normalized spacial score (nSPS) is 33.5. The van der Waals surface area contributed by atoms with Gasteiger partial charge in [0.15, 0.2) is 29.2 Å². The molecule has 3 fully saturated rings. The van der Waals surface area contributed by atoms with Gasteiger partial charge in [0.1, 0.15) is 5.92 Å². The van der Waals surface area contributed by atoms with Crippen LogP contribution < -0.4 is 10.1 Å². The quantitative estimate of drug-likeness (QED) is 0.425. The van der Waals surface area contributed by atoms with E-state index in [0.29, 0.717) is 30.0 Å². The lowest BCUT2D eigenvalue weighted by Crippen LogP contribution is -2.78. The minimum atomic E-state index is -1.36. The smallest absolute Gasteiger partial charge is 0.235 e. The minimum absolute atomic E-state index is 0.00340. The molecule has 1 saturated heterocycles. The van der Waals surface area contributed by atoms with Crippen LogP contribution in [0.4, 0.5) is 5.69 Å². The van der Waals surface area contributed by atoms with Crippen molar-refractivity contribution in [1.82, 2.24) is 4.90 Å². The van der Waals surface area contributed by atoms with Crippen molar-refractivity contribution in [2.45, 2.75) is 62.2 Å². The number of phenols is 1. The van der Waals surface area contributed by atoms with E-state index in [2.05, 4.69) is 10.2 Å². The van der Waals surface area contributed by atoms with E-state index in [1.165, 1.54) is 19.8 Å². The number of anilines is 1. The summed E-state index contributed by atoms with van der Waals surface area (Å²) >= 11 is 0. The second kappa shape index (κ2) is 7.65. The van der Waals surface area contributed by atoms with Crippen LogP contribution in [0.5, 0.6) is 11.5 Å². The predicted octanol–water partition coefficient (Wildman–Crippen LogP) is 2.59. The van der Waals surface area contributed by atoms with Gasteiger partial charge >= 0.3 is 0 Å². The molecule has 1 unspecified atom stereocenters. The van der Waals surface area contributed by atoms with E-state index in [9.17, 15) is 24.6 Å². The summed E-state index contributed by atoms with van der Waals surface area (Å²) in [7, 11) is 0. The molecule has 8 heteroatoms. The lowest BCUT2D eigenvalue weighted by molar-refractivity contribution is -0.197. The second-order valence-corrected chi connectivity index (χ2v) is 11.5. The predicted molar refractivity (Wildman–Crippen MR) is 134 cm³/mol. The first kappa shape index (κ1) is 22.9. The van der Waals surface area contributed by atoms with Crippen LogP contribution in [0.15, 0.2) is 36.4 Å². The van der Waals surface area contributed by atoms with Crippen LogP contribution >= 0.6 is 0 Å². The Morgan fingerprint density at radius 2 is 1.92 bits per heavy atom. The highest BCUT2D eigenvalue weighted by Crippen LogP contribution is 2.65. The molecular formula is C29H30N2O6. The van der Waals surface area contributed by atoms with Gasteiger partial charge in [-0.15, -0.1) is 0 Å². The maximum absolute atomic E-state index is 13.9. The van der Waals surface area contributed by atoms with E-state index in [-0.39, 0.29) is 35.5 Å². The Morgan fingerprint density at radius 1 is 1.16 bits per heavy atom. The van der Waals surface area contributed by atoms with E-state index >= 15 is 0 Å². The number of amides is 1. The molecule has 7 rings (SSSR count). The fourth-order valence-electron chi connectivity index (χ4n) is 7.54. The molecule has 192 valence electrons. The third-order valence-electron chi connectivity index (χ3n) is 9.51. The third kappa shape index (κ3) is 3.06. The van der Waals surface area contributed by atoms with Crippen LogP contribution in [0.25, 0.3) is 0 Å². The molecule has 1 amide bonds. The van der Waals surface area contributed by atoms with Crippen molar-refractivity contribution in [3.8, 4) is 11.5 Å². The zero-order valence-corrected chi connectivity index (χ0v) is 20.7. The van der Waals surface area contributed by atoms with Gasteiger partial charge < -0.3 is 20.3 Å². The van der Waals surface area contributed by atoms with Gasteiger partial charge in [-0.05, 0) is 87.4 Å². The molecule has 2 aromatic rings. The molecule has 5 atom stereocenters. The number of benzene rings is 2. The molecule has 1 spiro atoms. The monoisotopic (exact) mass is 502 g/mol. The zero-order valence-electron chi connectivity index (χ0n) is 20.7. The van der Waals surface area contributed by atoms with Crippen LogP contribution in [0, 0.1) is 11.8 Å². The fourth-order valence-corrected chi connectivity index (χ4v) is 7.54.